The van der Waals surface area contributed by atoms with Crippen molar-refractivity contribution in [3.8, 4) is 0 Å². The van der Waals surface area contributed by atoms with Crippen molar-refractivity contribution < 1.29 is 13.5 Å². The van der Waals surface area contributed by atoms with Gasteiger partial charge in [-0.15, -0.1) is 0 Å². The number of rotatable bonds is 0. The number of hydrogen-bond acceptors (Lipinski definition) is 1. The highest BCUT2D eigenvalue weighted by molar-refractivity contribution is 5.28. The summed E-state index contributed by atoms with van der Waals surface area (Å²) in [6, 6.07) is 0. The van der Waals surface area contributed by atoms with Crippen LogP contribution in [0.3, 0.4) is 0 Å². The SMILES string of the molecule is FC1(F)C[C@@]12C[C@@H]1C=C[C@H]2O1. The van der Waals surface area contributed by atoms with Crippen molar-refractivity contribution in [2.75, 3.05) is 0 Å². The van der Waals surface area contributed by atoms with Crippen LogP contribution in [0.15, 0.2) is 12.2 Å². The molecule has 60 valence electrons. The average Bonchev–Trinajstić information content (AvgIpc) is 2.37. The lowest BCUT2D eigenvalue weighted by atomic mass is 9.91. The molecule has 0 aromatic rings. The molecular formula is C8H8F2O. The molecule has 0 aromatic carbocycles. The van der Waals surface area contributed by atoms with Crippen molar-refractivity contribution in [2.24, 2.45) is 5.41 Å². The molecule has 11 heavy (non-hydrogen) atoms. The Morgan fingerprint density at radius 1 is 1.36 bits per heavy atom. The molecule has 0 amide bonds. The second-order valence-electron chi connectivity index (χ2n) is 3.72. The van der Waals surface area contributed by atoms with Gasteiger partial charge in [-0.05, 0) is 6.42 Å². The normalized spacial score (nSPS) is 55.8. The van der Waals surface area contributed by atoms with Crippen LogP contribution in [0.1, 0.15) is 12.8 Å². The zero-order chi connectivity index (χ0) is 7.69. The maximum absolute atomic E-state index is 12.8. The topological polar surface area (TPSA) is 9.23 Å². The third kappa shape index (κ3) is 0.515. The maximum atomic E-state index is 12.8. The minimum absolute atomic E-state index is 0.0200. The summed E-state index contributed by atoms with van der Waals surface area (Å²) in [6.07, 6.45) is 3.93. The summed E-state index contributed by atoms with van der Waals surface area (Å²) in [5.74, 6) is -2.45. The lowest BCUT2D eigenvalue weighted by molar-refractivity contribution is 0.0335. The number of fused-ring (bicyclic) bond motifs is 3. The fraction of sp³-hybridized carbons (Fsp3) is 0.750. The second-order valence-corrected chi connectivity index (χ2v) is 3.72. The van der Waals surface area contributed by atoms with Crippen LogP contribution in [0.5, 0.6) is 0 Å². The van der Waals surface area contributed by atoms with Gasteiger partial charge in [0.2, 0.25) is 0 Å². The molecule has 0 aromatic heterocycles. The van der Waals surface area contributed by atoms with Crippen molar-refractivity contribution in [2.45, 2.75) is 31.0 Å². The summed E-state index contributed by atoms with van der Waals surface area (Å²) >= 11 is 0. The zero-order valence-corrected chi connectivity index (χ0v) is 5.89. The van der Waals surface area contributed by atoms with Gasteiger partial charge in [0.15, 0.2) is 0 Å². The summed E-state index contributed by atoms with van der Waals surface area (Å²) in [5.41, 5.74) is -0.785. The Balaban J connectivity index is 1.99. The molecule has 2 heterocycles. The summed E-state index contributed by atoms with van der Waals surface area (Å²) in [4.78, 5) is 0. The molecule has 3 heteroatoms. The molecular weight excluding hydrogens is 150 g/mol. The molecule has 0 radical (unpaired) electrons. The smallest absolute Gasteiger partial charge is 0.257 e. The molecule has 1 spiro atoms. The van der Waals surface area contributed by atoms with Crippen molar-refractivity contribution >= 4 is 0 Å². The lowest BCUT2D eigenvalue weighted by Gasteiger charge is -2.13. The first-order valence-corrected chi connectivity index (χ1v) is 3.86. The Bertz CT molecular complexity index is 248. The summed E-state index contributed by atoms with van der Waals surface area (Å²) in [6.45, 7) is 0. The minimum Gasteiger partial charge on any atom is -0.366 e. The molecule has 0 N–H and O–H groups in total. The van der Waals surface area contributed by atoms with Crippen LogP contribution < -0.4 is 0 Å². The Kier molecular flexibility index (Phi) is 0.765. The van der Waals surface area contributed by atoms with Gasteiger partial charge in [0.25, 0.3) is 5.92 Å². The highest BCUT2D eigenvalue weighted by Crippen LogP contribution is 2.70. The Morgan fingerprint density at radius 2 is 2.09 bits per heavy atom. The predicted octanol–water partition coefficient (Wildman–Crippen LogP) is 1.74. The Hall–Kier alpha value is -0.440. The number of alkyl halides is 2. The van der Waals surface area contributed by atoms with Gasteiger partial charge in [0.05, 0.1) is 17.6 Å². The Labute approximate surface area is 63.0 Å². The highest BCUT2D eigenvalue weighted by Gasteiger charge is 2.77. The van der Waals surface area contributed by atoms with E-state index in [2.05, 4.69) is 0 Å². The van der Waals surface area contributed by atoms with Gasteiger partial charge in [-0.1, -0.05) is 12.2 Å². The Morgan fingerprint density at radius 3 is 2.36 bits per heavy atom. The fourth-order valence-corrected chi connectivity index (χ4v) is 2.29. The second kappa shape index (κ2) is 1.38. The van der Waals surface area contributed by atoms with E-state index in [4.69, 9.17) is 4.74 Å². The standard InChI is InChI=1S/C8H8F2O/c9-8(10)4-7(8)3-5-1-2-6(7)11-5/h1-2,5-6H,3-4H2/t5-,6+,7+/m0/s1. The molecule has 1 aliphatic carbocycles. The van der Waals surface area contributed by atoms with E-state index in [-0.39, 0.29) is 18.6 Å². The molecule has 2 bridgehead atoms. The molecule has 3 atom stereocenters. The molecule has 1 saturated heterocycles. The first-order chi connectivity index (χ1) is 5.14. The number of hydrogen-bond donors (Lipinski definition) is 0. The molecule has 2 aliphatic heterocycles. The summed E-state index contributed by atoms with van der Waals surface area (Å²) < 4.78 is 31.0. The minimum atomic E-state index is -2.45. The fourth-order valence-electron chi connectivity index (χ4n) is 2.29. The first-order valence-electron chi connectivity index (χ1n) is 3.86. The van der Waals surface area contributed by atoms with Gasteiger partial charge in [0.1, 0.15) is 0 Å². The van der Waals surface area contributed by atoms with Crippen LogP contribution in [-0.4, -0.2) is 18.1 Å². The van der Waals surface area contributed by atoms with E-state index in [9.17, 15) is 8.78 Å². The molecule has 2 fully saturated rings. The highest BCUT2D eigenvalue weighted by atomic mass is 19.3. The van der Waals surface area contributed by atoms with E-state index in [0.29, 0.717) is 6.42 Å². The van der Waals surface area contributed by atoms with E-state index in [1.165, 1.54) is 0 Å². The van der Waals surface area contributed by atoms with E-state index in [0.717, 1.165) is 0 Å². The van der Waals surface area contributed by atoms with Crippen molar-refractivity contribution in [1.82, 2.24) is 0 Å². The van der Waals surface area contributed by atoms with Gasteiger partial charge >= 0.3 is 0 Å². The van der Waals surface area contributed by atoms with E-state index in [1.807, 2.05) is 6.08 Å². The summed E-state index contributed by atoms with van der Waals surface area (Å²) in [7, 11) is 0. The van der Waals surface area contributed by atoms with Crippen LogP contribution in [0.2, 0.25) is 0 Å². The van der Waals surface area contributed by atoms with E-state index >= 15 is 0 Å². The number of halogens is 2. The third-order valence-corrected chi connectivity index (χ3v) is 3.07. The molecule has 0 unspecified atom stereocenters. The van der Waals surface area contributed by atoms with Gasteiger partial charge in [-0.2, -0.15) is 0 Å². The molecule has 1 nitrogen and oxygen atoms in total. The average molecular weight is 158 g/mol. The van der Waals surface area contributed by atoms with Crippen LogP contribution >= 0.6 is 0 Å². The molecule has 1 saturated carbocycles. The van der Waals surface area contributed by atoms with Crippen LogP contribution in [0.25, 0.3) is 0 Å². The predicted molar refractivity (Wildman–Crippen MR) is 34.4 cm³/mol. The monoisotopic (exact) mass is 158 g/mol. The summed E-state index contributed by atoms with van der Waals surface area (Å²) in [5, 5.41) is 0. The van der Waals surface area contributed by atoms with Crippen molar-refractivity contribution in [1.29, 1.82) is 0 Å². The largest absolute Gasteiger partial charge is 0.366 e. The quantitative estimate of drug-likeness (QED) is 0.488. The van der Waals surface area contributed by atoms with Crippen LogP contribution in [0, 0.1) is 5.41 Å². The van der Waals surface area contributed by atoms with Crippen LogP contribution in [0.4, 0.5) is 8.78 Å². The van der Waals surface area contributed by atoms with Gasteiger partial charge < -0.3 is 4.74 Å². The van der Waals surface area contributed by atoms with Gasteiger partial charge in [0, 0.05) is 6.42 Å². The van der Waals surface area contributed by atoms with E-state index in [1.54, 1.807) is 6.08 Å². The number of ether oxygens (including phenoxy) is 1. The zero-order valence-electron chi connectivity index (χ0n) is 5.89. The maximum Gasteiger partial charge on any atom is 0.257 e. The van der Waals surface area contributed by atoms with Gasteiger partial charge in [-0.3, -0.25) is 0 Å². The molecule has 3 rings (SSSR count). The van der Waals surface area contributed by atoms with Crippen molar-refractivity contribution in [3.63, 3.8) is 0 Å². The van der Waals surface area contributed by atoms with Crippen molar-refractivity contribution in [3.05, 3.63) is 12.2 Å². The van der Waals surface area contributed by atoms with E-state index < -0.39 is 11.3 Å². The third-order valence-electron chi connectivity index (χ3n) is 3.07. The van der Waals surface area contributed by atoms with Gasteiger partial charge in [-0.25, -0.2) is 8.78 Å². The first kappa shape index (κ1) is 6.12. The molecule has 3 aliphatic rings. The lowest BCUT2D eigenvalue weighted by Crippen LogP contribution is -2.21. The van der Waals surface area contributed by atoms with Crippen LogP contribution in [-0.2, 0) is 4.74 Å².